The van der Waals surface area contributed by atoms with E-state index in [4.69, 9.17) is 5.11 Å². The smallest absolute Gasteiger partial charge is 0.236 e. The molecular weight excluding hydrogens is 222 g/mol. The number of hydrogen-bond donors (Lipinski definition) is 1. The Hall–Kier alpha value is -0.0900. The summed E-state index contributed by atoms with van der Waals surface area (Å²) in [6, 6.07) is 0. The fourth-order valence-electron chi connectivity index (χ4n) is 1.40. The van der Waals surface area contributed by atoms with Crippen LogP contribution in [0.2, 0.25) is 0 Å². The zero-order valence-electron chi connectivity index (χ0n) is 7.00. The Morgan fingerprint density at radius 2 is 2.33 bits per heavy atom. The minimum Gasteiger partial charge on any atom is -0.395 e. The van der Waals surface area contributed by atoms with Gasteiger partial charge in [-0.25, -0.2) is 0 Å². The molecule has 0 saturated carbocycles. The number of halogens is 1. The third-order valence-electron chi connectivity index (χ3n) is 2.09. The van der Waals surface area contributed by atoms with Crippen molar-refractivity contribution in [3.8, 4) is 0 Å². The second-order valence-corrected chi connectivity index (χ2v) is 4.12. The van der Waals surface area contributed by atoms with Crippen LogP contribution in [-0.4, -0.2) is 40.4 Å². The summed E-state index contributed by atoms with van der Waals surface area (Å²) in [5, 5.41) is 8.71. The normalized spacial score (nSPS) is 25.7. The highest BCUT2D eigenvalue weighted by atomic mass is 79.9. The summed E-state index contributed by atoms with van der Waals surface area (Å²) in [6.07, 6.45) is 3.05. The molecule has 0 aromatic carbocycles. The lowest BCUT2D eigenvalue weighted by Crippen LogP contribution is -2.37. The lowest BCUT2D eigenvalue weighted by atomic mass is 10.2. The number of carbonyl (C=O) groups excluding carboxylic acids is 1. The number of rotatable bonds is 2. The Kier molecular flexibility index (Phi) is 4.01. The highest BCUT2D eigenvalue weighted by molar-refractivity contribution is 9.10. The van der Waals surface area contributed by atoms with Gasteiger partial charge in [0, 0.05) is 13.1 Å². The molecule has 1 saturated heterocycles. The molecule has 1 heterocycles. The van der Waals surface area contributed by atoms with E-state index < -0.39 is 0 Å². The molecule has 4 heteroatoms. The van der Waals surface area contributed by atoms with Crippen LogP contribution in [-0.2, 0) is 4.79 Å². The molecule has 0 aromatic rings. The van der Waals surface area contributed by atoms with Crippen molar-refractivity contribution in [2.75, 3.05) is 19.7 Å². The van der Waals surface area contributed by atoms with Crippen LogP contribution < -0.4 is 0 Å². The van der Waals surface area contributed by atoms with E-state index in [-0.39, 0.29) is 17.3 Å². The number of carbonyl (C=O) groups is 1. The van der Waals surface area contributed by atoms with Crippen molar-refractivity contribution in [3.63, 3.8) is 0 Å². The van der Waals surface area contributed by atoms with Gasteiger partial charge in [0.2, 0.25) is 5.91 Å². The molecule has 12 heavy (non-hydrogen) atoms. The number of alkyl halides is 1. The van der Waals surface area contributed by atoms with Gasteiger partial charge in [0.15, 0.2) is 0 Å². The highest BCUT2D eigenvalue weighted by Gasteiger charge is 2.23. The highest BCUT2D eigenvalue weighted by Crippen LogP contribution is 2.17. The van der Waals surface area contributed by atoms with E-state index >= 15 is 0 Å². The van der Waals surface area contributed by atoms with Crippen LogP contribution in [0.4, 0.5) is 0 Å². The van der Waals surface area contributed by atoms with Gasteiger partial charge in [0.25, 0.3) is 0 Å². The van der Waals surface area contributed by atoms with Crippen LogP contribution in [0, 0.1) is 0 Å². The molecule has 1 rings (SSSR count). The maximum absolute atomic E-state index is 11.5. The maximum Gasteiger partial charge on any atom is 0.236 e. The van der Waals surface area contributed by atoms with Crippen molar-refractivity contribution in [2.24, 2.45) is 0 Å². The lowest BCUT2D eigenvalue weighted by Gasteiger charge is -2.20. The lowest BCUT2D eigenvalue weighted by molar-refractivity contribution is -0.130. The predicted octanol–water partition coefficient (Wildman–Crippen LogP) is 0.755. The quantitative estimate of drug-likeness (QED) is 0.719. The third kappa shape index (κ3) is 2.45. The number of hydrogen-bond acceptors (Lipinski definition) is 2. The number of likely N-dealkylation sites (tertiary alicyclic amines) is 1. The molecule has 1 N–H and O–H groups in total. The topological polar surface area (TPSA) is 40.5 Å². The first-order valence-electron chi connectivity index (χ1n) is 4.29. The van der Waals surface area contributed by atoms with Crippen molar-refractivity contribution in [1.29, 1.82) is 0 Å². The first-order valence-corrected chi connectivity index (χ1v) is 5.21. The maximum atomic E-state index is 11.5. The molecule has 1 amide bonds. The van der Waals surface area contributed by atoms with Crippen LogP contribution >= 0.6 is 15.9 Å². The molecule has 0 aliphatic carbocycles. The van der Waals surface area contributed by atoms with Crippen LogP contribution in [0.3, 0.4) is 0 Å². The SMILES string of the molecule is O=C1C(Br)CCCCN1CCO. The summed E-state index contributed by atoms with van der Waals surface area (Å²) in [5.74, 6) is 0.126. The van der Waals surface area contributed by atoms with Crippen LogP contribution in [0.1, 0.15) is 19.3 Å². The van der Waals surface area contributed by atoms with Gasteiger partial charge < -0.3 is 10.0 Å². The summed E-state index contributed by atoms with van der Waals surface area (Å²) in [4.78, 5) is 13.2. The van der Waals surface area contributed by atoms with Gasteiger partial charge >= 0.3 is 0 Å². The van der Waals surface area contributed by atoms with Crippen LogP contribution in [0.15, 0.2) is 0 Å². The monoisotopic (exact) mass is 235 g/mol. The molecule has 1 aliphatic rings. The van der Waals surface area contributed by atoms with Crippen molar-refractivity contribution in [1.82, 2.24) is 4.90 Å². The van der Waals surface area contributed by atoms with Crippen molar-refractivity contribution in [2.45, 2.75) is 24.1 Å². The summed E-state index contributed by atoms with van der Waals surface area (Å²) < 4.78 is 0. The Morgan fingerprint density at radius 1 is 1.58 bits per heavy atom. The number of aliphatic hydroxyl groups excluding tert-OH is 1. The molecule has 0 radical (unpaired) electrons. The van der Waals surface area contributed by atoms with Gasteiger partial charge in [0.05, 0.1) is 11.4 Å². The molecule has 1 fully saturated rings. The molecular formula is C8H14BrNO2. The average Bonchev–Trinajstić information content (AvgIpc) is 2.20. The van der Waals surface area contributed by atoms with Gasteiger partial charge in [0.1, 0.15) is 0 Å². The summed E-state index contributed by atoms with van der Waals surface area (Å²) in [7, 11) is 0. The van der Waals surface area contributed by atoms with E-state index in [0.29, 0.717) is 6.54 Å². The minimum absolute atomic E-state index is 0.0356. The first kappa shape index (κ1) is 9.99. The second kappa shape index (κ2) is 4.82. The van der Waals surface area contributed by atoms with E-state index in [0.717, 1.165) is 25.8 Å². The van der Waals surface area contributed by atoms with E-state index in [2.05, 4.69) is 15.9 Å². The van der Waals surface area contributed by atoms with E-state index in [9.17, 15) is 4.79 Å². The Morgan fingerprint density at radius 3 is 3.00 bits per heavy atom. The molecule has 0 aromatic heterocycles. The predicted molar refractivity (Wildman–Crippen MR) is 50.2 cm³/mol. The van der Waals surface area contributed by atoms with Gasteiger partial charge in [-0.05, 0) is 12.8 Å². The molecule has 1 aliphatic heterocycles. The van der Waals surface area contributed by atoms with E-state index in [1.54, 1.807) is 4.90 Å². The standard InChI is InChI=1S/C8H14BrNO2/c9-7-3-1-2-4-10(5-6-11)8(7)12/h7,11H,1-6H2. The zero-order chi connectivity index (χ0) is 8.97. The van der Waals surface area contributed by atoms with Crippen LogP contribution in [0.25, 0.3) is 0 Å². The first-order chi connectivity index (χ1) is 5.75. The van der Waals surface area contributed by atoms with E-state index in [1.165, 1.54) is 0 Å². The number of β-amino-alcohol motifs (C(OH)–C–C–N with tert-alkyl or cyclic N) is 1. The Balaban J connectivity index is 2.52. The molecule has 0 spiro atoms. The fourth-order valence-corrected chi connectivity index (χ4v) is 2.01. The minimum atomic E-state index is -0.0356. The van der Waals surface area contributed by atoms with Gasteiger partial charge in [-0.2, -0.15) is 0 Å². The molecule has 70 valence electrons. The third-order valence-corrected chi connectivity index (χ3v) is 2.93. The average molecular weight is 236 g/mol. The van der Waals surface area contributed by atoms with Crippen molar-refractivity contribution >= 4 is 21.8 Å². The molecule has 1 unspecified atom stereocenters. The number of amides is 1. The van der Waals surface area contributed by atoms with Gasteiger partial charge in [-0.3, -0.25) is 4.79 Å². The zero-order valence-corrected chi connectivity index (χ0v) is 8.59. The summed E-state index contributed by atoms with van der Waals surface area (Å²) in [5.41, 5.74) is 0. The second-order valence-electron chi connectivity index (χ2n) is 3.01. The van der Waals surface area contributed by atoms with Gasteiger partial charge in [-0.15, -0.1) is 0 Å². The van der Waals surface area contributed by atoms with Crippen molar-refractivity contribution in [3.05, 3.63) is 0 Å². The Bertz CT molecular complexity index is 163. The number of aliphatic hydroxyl groups is 1. The Labute approximate surface area is 80.9 Å². The summed E-state index contributed by atoms with van der Waals surface area (Å²) >= 11 is 3.34. The van der Waals surface area contributed by atoms with Crippen molar-refractivity contribution < 1.29 is 9.90 Å². The summed E-state index contributed by atoms with van der Waals surface area (Å²) in [6.45, 7) is 1.33. The van der Waals surface area contributed by atoms with Gasteiger partial charge in [-0.1, -0.05) is 22.4 Å². The molecule has 0 bridgehead atoms. The number of nitrogens with zero attached hydrogens (tertiary/aromatic N) is 1. The largest absolute Gasteiger partial charge is 0.395 e. The molecule has 1 atom stereocenters. The van der Waals surface area contributed by atoms with E-state index in [1.807, 2.05) is 0 Å². The fraction of sp³-hybridized carbons (Fsp3) is 0.875. The van der Waals surface area contributed by atoms with Crippen LogP contribution in [0.5, 0.6) is 0 Å². The molecule has 3 nitrogen and oxygen atoms in total.